The number of nitrogens with zero attached hydrogens (tertiary/aromatic N) is 1. The number of ether oxygens (including phenoxy) is 1. The molecule has 3 rings (SSSR count). The van der Waals surface area contributed by atoms with E-state index in [4.69, 9.17) is 9.84 Å². The highest BCUT2D eigenvalue weighted by atomic mass is 16.5. The molecule has 2 fully saturated rings. The number of hydrogen-bond acceptors (Lipinski definition) is 3. The molecule has 1 N–H and O–H groups in total. The van der Waals surface area contributed by atoms with Crippen molar-refractivity contribution in [2.24, 2.45) is 0 Å². The molecule has 0 amide bonds. The molecule has 2 atom stereocenters. The van der Waals surface area contributed by atoms with E-state index in [0.29, 0.717) is 18.6 Å². The molecule has 2 aliphatic rings. The lowest BCUT2D eigenvalue weighted by Gasteiger charge is -2.37. The van der Waals surface area contributed by atoms with Crippen LogP contribution in [-0.2, 0) is 11.3 Å². The van der Waals surface area contributed by atoms with E-state index in [1.165, 1.54) is 24.8 Å². The summed E-state index contributed by atoms with van der Waals surface area (Å²) in [5.41, 5.74) is 2.36. The monoisotopic (exact) mass is 285 g/mol. The van der Waals surface area contributed by atoms with Gasteiger partial charge in [-0.25, -0.2) is 0 Å². The molecular weight excluding hydrogens is 262 g/mol. The Balaban J connectivity index is 1.67. The van der Waals surface area contributed by atoms with Gasteiger partial charge in [0.1, 0.15) is 0 Å². The number of fused-ring (bicyclic) bond motifs is 1. The Labute approximate surface area is 126 Å². The lowest BCUT2D eigenvalue weighted by molar-refractivity contribution is -0.0588. The van der Waals surface area contributed by atoms with Crippen molar-refractivity contribution < 1.29 is 9.84 Å². The molecule has 1 aromatic carbocycles. The zero-order chi connectivity index (χ0) is 14.5. The third kappa shape index (κ3) is 3.65. The fraction of sp³-hybridized carbons (Fsp3) is 0.556. The fourth-order valence-corrected chi connectivity index (χ4v) is 3.40. The maximum Gasteiger partial charge on any atom is 0.0731 e. The van der Waals surface area contributed by atoms with Gasteiger partial charge in [-0.15, -0.1) is 0 Å². The van der Waals surface area contributed by atoms with Gasteiger partial charge in [0.05, 0.1) is 19.3 Å². The molecular formula is C18H23NO2. The van der Waals surface area contributed by atoms with Crippen LogP contribution in [0.5, 0.6) is 0 Å². The highest BCUT2D eigenvalue weighted by Gasteiger charge is 2.35. The molecule has 0 radical (unpaired) electrons. The van der Waals surface area contributed by atoms with Crippen LogP contribution in [0, 0.1) is 11.8 Å². The van der Waals surface area contributed by atoms with E-state index < -0.39 is 0 Å². The summed E-state index contributed by atoms with van der Waals surface area (Å²) in [6.45, 7) is 3.00. The predicted molar refractivity (Wildman–Crippen MR) is 82.8 cm³/mol. The highest BCUT2D eigenvalue weighted by molar-refractivity contribution is 5.37. The minimum atomic E-state index is 0.129. The van der Waals surface area contributed by atoms with E-state index in [1.54, 1.807) is 0 Å². The highest BCUT2D eigenvalue weighted by Crippen LogP contribution is 2.30. The van der Waals surface area contributed by atoms with Crippen LogP contribution < -0.4 is 0 Å². The van der Waals surface area contributed by atoms with Crippen LogP contribution >= 0.6 is 0 Å². The first-order chi connectivity index (χ1) is 10.4. The standard InChI is InChI=1S/C18H23NO2/c20-11-2-1-5-15-6-3-7-16(13-15)14-19-10-12-21-18-9-4-8-17(18)19/h3,6-7,13,17-18,20H,2,4,8-12,14H2. The first kappa shape index (κ1) is 14.6. The van der Waals surface area contributed by atoms with Gasteiger partial charge in [-0.05, 0) is 37.0 Å². The van der Waals surface area contributed by atoms with E-state index in [-0.39, 0.29) is 6.61 Å². The maximum atomic E-state index is 8.78. The molecule has 112 valence electrons. The van der Waals surface area contributed by atoms with Crippen LogP contribution in [0.2, 0.25) is 0 Å². The van der Waals surface area contributed by atoms with Crippen molar-refractivity contribution >= 4 is 0 Å². The molecule has 21 heavy (non-hydrogen) atoms. The van der Waals surface area contributed by atoms with Gasteiger partial charge in [0.2, 0.25) is 0 Å². The van der Waals surface area contributed by atoms with Crippen molar-refractivity contribution in [2.75, 3.05) is 19.8 Å². The molecule has 3 nitrogen and oxygen atoms in total. The summed E-state index contributed by atoms with van der Waals surface area (Å²) in [4.78, 5) is 2.57. The van der Waals surface area contributed by atoms with Crippen molar-refractivity contribution in [1.29, 1.82) is 0 Å². The minimum Gasteiger partial charge on any atom is -0.395 e. The summed E-state index contributed by atoms with van der Waals surface area (Å²) in [6.07, 6.45) is 4.76. The molecule has 1 aliphatic heterocycles. The smallest absolute Gasteiger partial charge is 0.0731 e. The molecule has 2 unspecified atom stereocenters. The van der Waals surface area contributed by atoms with Gasteiger partial charge in [0, 0.05) is 31.1 Å². The van der Waals surface area contributed by atoms with Gasteiger partial charge in [0.15, 0.2) is 0 Å². The number of aliphatic hydroxyl groups is 1. The average molecular weight is 285 g/mol. The Kier molecular flexibility index (Phi) is 4.92. The molecule has 3 heteroatoms. The lowest BCUT2D eigenvalue weighted by Crippen LogP contribution is -2.47. The van der Waals surface area contributed by atoms with Gasteiger partial charge in [-0.3, -0.25) is 4.90 Å². The van der Waals surface area contributed by atoms with Crippen LogP contribution in [0.1, 0.15) is 36.8 Å². The van der Waals surface area contributed by atoms with E-state index in [0.717, 1.165) is 25.3 Å². The fourth-order valence-electron chi connectivity index (χ4n) is 3.40. The summed E-state index contributed by atoms with van der Waals surface area (Å²) >= 11 is 0. The van der Waals surface area contributed by atoms with Crippen LogP contribution in [-0.4, -0.2) is 41.9 Å². The van der Waals surface area contributed by atoms with Gasteiger partial charge in [-0.1, -0.05) is 24.0 Å². The maximum absolute atomic E-state index is 8.78. The SMILES string of the molecule is OCCC#Cc1cccc(CN2CCOC3CCCC32)c1. The Morgan fingerprint density at radius 1 is 1.33 bits per heavy atom. The quantitative estimate of drug-likeness (QED) is 0.864. The van der Waals surface area contributed by atoms with Crippen LogP contribution in [0.4, 0.5) is 0 Å². The normalized spacial score (nSPS) is 25.2. The van der Waals surface area contributed by atoms with Crippen LogP contribution in [0.3, 0.4) is 0 Å². The second-order valence-electron chi connectivity index (χ2n) is 5.85. The topological polar surface area (TPSA) is 32.7 Å². The summed E-state index contributed by atoms with van der Waals surface area (Å²) in [6, 6.07) is 9.06. The minimum absolute atomic E-state index is 0.129. The molecule has 0 bridgehead atoms. The van der Waals surface area contributed by atoms with Crippen molar-refractivity contribution in [3.63, 3.8) is 0 Å². The largest absolute Gasteiger partial charge is 0.395 e. The number of benzene rings is 1. The molecule has 1 saturated carbocycles. The van der Waals surface area contributed by atoms with Gasteiger partial charge in [0.25, 0.3) is 0 Å². The Hall–Kier alpha value is -1.34. The third-order valence-electron chi connectivity index (χ3n) is 4.38. The van der Waals surface area contributed by atoms with E-state index in [2.05, 4.69) is 34.9 Å². The molecule has 1 saturated heterocycles. The number of aliphatic hydroxyl groups excluding tert-OH is 1. The van der Waals surface area contributed by atoms with Crippen molar-refractivity contribution in [1.82, 2.24) is 4.90 Å². The average Bonchev–Trinajstić information content (AvgIpc) is 2.98. The van der Waals surface area contributed by atoms with Gasteiger partial charge >= 0.3 is 0 Å². The zero-order valence-electron chi connectivity index (χ0n) is 12.4. The molecule has 1 aliphatic carbocycles. The van der Waals surface area contributed by atoms with E-state index >= 15 is 0 Å². The van der Waals surface area contributed by atoms with Crippen LogP contribution in [0.15, 0.2) is 24.3 Å². The van der Waals surface area contributed by atoms with Gasteiger partial charge in [-0.2, -0.15) is 0 Å². The first-order valence-corrected chi connectivity index (χ1v) is 7.91. The summed E-state index contributed by atoms with van der Waals surface area (Å²) in [7, 11) is 0. The third-order valence-corrected chi connectivity index (χ3v) is 4.38. The second kappa shape index (κ2) is 7.09. The number of rotatable bonds is 3. The Bertz CT molecular complexity index is 532. The van der Waals surface area contributed by atoms with Crippen molar-refractivity contribution in [3.8, 4) is 11.8 Å². The summed E-state index contributed by atoms with van der Waals surface area (Å²) in [5.74, 6) is 6.10. The molecule has 1 aromatic rings. The predicted octanol–water partition coefficient (Wildman–Crippen LogP) is 2.17. The number of hydrogen-bond donors (Lipinski definition) is 1. The zero-order valence-corrected chi connectivity index (χ0v) is 12.4. The second-order valence-corrected chi connectivity index (χ2v) is 5.85. The van der Waals surface area contributed by atoms with Gasteiger partial charge < -0.3 is 9.84 Å². The summed E-state index contributed by atoms with van der Waals surface area (Å²) in [5, 5.41) is 8.78. The first-order valence-electron chi connectivity index (χ1n) is 7.91. The molecule has 0 aromatic heterocycles. The van der Waals surface area contributed by atoms with Crippen molar-refractivity contribution in [2.45, 2.75) is 44.4 Å². The van der Waals surface area contributed by atoms with E-state index in [9.17, 15) is 0 Å². The Morgan fingerprint density at radius 2 is 2.29 bits per heavy atom. The molecule has 0 spiro atoms. The number of morpholine rings is 1. The summed E-state index contributed by atoms with van der Waals surface area (Å²) < 4.78 is 5.87. The van der Waals surface area contributed by atoms with Crippen molar-refractivity contribution in [3.05, 3.63) is 35.4 Å². The van der Waals surface area contributed by atoms with Crippen LogP contribution in [0.25, 0.3) is 0 Å². The Morgan fingerprint density at radius 3 is 3.19 bits per heavy atom. The lowest BCUT2D eigenvalue weighted by atomic mass is 10.1. The van der Waals surface area contributed by atoms with E-state index in [1.807, 2.05) is 6.07 Å². The molecule has 1 heterocycles.